The van der Waals surface area contributed by atoms with Gasteiger partial charge in [-0.3, -0.25) is 9.69 Å². The number of aromatic carboxylic acids is 1. The van der Waals surface area contributed by atoms with Gasteiger partial charge in [0, 0.05) is 43.1 Å². The van der Waals surface area contributed by atoms with E-state index in [2.05, 4.69) is 10.3 Å². The summed E-state index contributed by atoms with van der Waals surface area (Å²) in [6.45, 7) is 2.48. The Morgan fingerprint density at radius 1 is 1.02 bits per heavy atom. The molecule has 0 atom stereocenters. The van der Waals surface area contributed by atoms with Crippen molar-refractivity contribution in [2.45, 2.75) is 6.18 Å². The van der Waals surface area contributed by atoms with Crippen molar-refractivity contribution in [2.75, 3.05) is 42.9 Å². The summed E-state index contributed by atoms with van der Waals surface area (Å²) in [5.74, 6) is -1.27. The van der Waals surface area contributed by atoms with Gasteiger partial charge in [-0.2, -0.15) is 18.4 Å². The number of hydrogen-bond donors (Lipinski definition) is 2. The number of carboxylic acids is 1. The number of carbonyl (C=O) groups excluding carboxylic acids is 1. The molecule has 0 saturated carbocycles. The molecule has 0 spiro atoms. The van der Waals surface area contributed by atoms with Crippen LogP contribution in [-0.4, -0.2) is 59.6 Å². The maximum Gasteiger partial charge on any atom is 0.416 e. The summed E-state index contributed by atoms with van der Waals surface area (Å²) >= 11 is 0. The number of fused-ring (bicyclic) bond motifs is 1. The van der Waals surface area contributed by atoms with E-state index in [0.717, 1.165) is 12.1 Å². The highest BCUT2D eigenvalue weighted by molar-refractivity contribution is 6.01. The zero-order chi connectivity index (χ0) is 28.4. The molecular formula is C28H22F3N5O4. The Morgan fingerprint density at radius 3 is 2.30 bits per heavy atom. The smallest absolute Gasteiger partial charge is 0.416 e. The predicted molar refractivity (Wildman–Crippen MR) is 140 cm³/mol. The molecule has 12 heteroatoms. The van der Waals surface area contributed by atoms with Gasteiger partial charge in [0.15, 0.2) is 5.58 Å². The molecule has 0 bridgehead atoms. The number of oxazole rings is 1. The van der Waals surface area contributed by atoms with Crippen LogP contribution < -0.4 is 10.2 Å². The van der Waals surface area contributed by atoms with Crippen molar-refractivity contribution in [1.82, 2.24) is 9.88 Å². The summed E-state index contributed by atoms with van der Waals surface area (Å²) in [7, 11) is 0. The van der Waals surface area contributed by atoms with Crippen LogP contribution in [0, 0.1) is 11.3 Å². The number of anilines is 2. The molecule has 1 aliphatic heterocycles. The van der Waals surface area contributed by atoms with E-state index in [1.807, 2.05) is 15.9 Å². The SMILES string of the molecule is N#Cc1cc(C(=O)O)c2oc(-c3ccc(NC(=O)CN4CCN(c5ccc(C(F)(F)F)cc5)CC4)cc3)nc2c1. The van der Waals surface area contributed by atoms with Gasteiger partial charge >= 0.3 is 12.1 Å². The highest BCUT2D eigenvalue weighted by Crippen LogP contribution is 2.31. The number of aromatic nitrogens is 1. The standard InChI is InChI=1S/C28H22F3N5O4/c29-28(30,31)19-3-7-21(8-4-19)36-11-9-35(10-12-36)16-24(37)33-20-5-1-18(2-6-20)26-34-23-14-17(15-32)13-22(27(38)39)25(23)40-26/h1-8,13-14H,9-12,16H2,(H,33,37)(H,38,39). The zero-order valence-electron chi connectivity index (χ0n) is 20.9. The normalized spacial score (nSPS) is 14.2. The summed E-state index contributed by atoms with van der Waals surface area (Å²) < 4.78 is 44.1. The molecule has 2 N–H and O–H groups in total. The lowest BCUT2D eigenvalue weighted by Gasteiger charge is -2.35. The van der Waals surface area contributed by atoms with Crippen LogP contribution >= 0.6 is 0 Å². The second-order valence-electron chi connectivity index (χ2n) is 9.24. The Hall–Kier alpha value is -4.89. The molecule has 1 saturated heterocycles. The van der Waals surface area contributed by atoms with E-state index in [9.17, 15) is 27.9 Å². The fourth-order valence-corrected chi connectivity index (χ4v) is 4.50. The average Bonchev–Trinajstić information content (AvgIpc) is 3.37. The van der Waals surface area contributed by atoms with Gasteiger partial charge < -0.3 is 19.7 Å². The topological polar surface area (TPSA) is 123 Å². The summed E-state index contributed by atoms with van der Waals surface area (Å²) in [5, 5.41) is 21.4. The summed E-state index contributed by atoms with van der Waals surface area (Å²) in [4.78, 5) is 32.4. The van der Waals surface area contributed by atoms with E-state index in [0.29, 0.717) is 43.1 Å². The van der Waals surface area contributed by atoms with Crippen molar-refractivity contribution in [3.63, 3.8) is 0 Å². The number of amides is 1. The number of benzene rings is 3. The summed E-state index contributed by atoms with van der Waals surface area (Å²) in [6.07, 6.45) is -4.37. The van der Waals surface area contributed by atoms with Crippen LogP contribution in [0.4, 0.5) is 24.5 Å². The minimum Gasteiger partial charge on any atom is -0.478 e. The van der Waals surface area contributed by atoms with E-state index in [4.69, 9.17) is 9.68 Å². The lowest BCUT2D eigenvalue weighted by Crippen LogP contribution is -2.48. The Kier molecular flexibility index (Phi) is 7.15. The molecule has 204 valence electrons. The molecule has 0 aliphatic carbocycles. The largest absolute Gasteiger partial charge is 0.478 e. The van der Waals surface area contributed by atoms with Gasteiger partial charge in [-0.1, -0.05) is 0 Å². The van der Waals surface area contributed by atoms with Crippen molar-refractivity contribution >= 4 is 34.4 Å². The molecule has 1 fully saturated rings. The van der Waals surface area contributed by atoms with Gasteiger partial charge in [0.05, 0.1) is 23.7 Å². The van der Waals surface area contributed by atoms with Crippen LogP contribution in [-0.2, 0) is 11.0 Å². The number of piperazine rings is 1. The number of hydrogen-bond acceptors (Lipinski definition) is 7. The van der Waals surface area contributed by atoms with Crippen LogP contribution in [0.15, 0.2) is 65.1 Å². The van der Waals surface area contributed by atoms with Gasteiger partial charge in [-0.25, -0.2) is 9.78 Å². The van der Waals surface area contributed by atoms with Crippen molar-refractivity contribution in [3.05, 3.63) is 77.4 Å². The van der Waals surface area contributed by atoms with E-state index in [1.54, 1.807) is 24.3 Å². The first-order valence-electron chi connectivity index (χ1n) is 12.2. The summed E-state index contributed by atoms with van der Waals surface area (Å²) in [5.41, 5.74) is 1.45. The Bertz CT molecular complexity index is 1600. The predicted octanol–water partition coefficient (Wildman–Crippen LogP) is 4.84. The molecule has 1 amide bonds. The van der Waals surface area contributed by atoms with Crippen LogP contribution in [0.3, 0.4) is 0 Å². The number of rotatable bonds is 6. The fourth-order valence-electron chi connectivity index (χ4n) is 4.50. The fraction of sp³-hybridized carbons (Fsp3) is 0.214. The number of nitrogens with zero attached hydrogens (tertiary/aromatic N) is 4. The third-order valence-corrected chi connectivity index (χ3v) is 6.56. The first kappa shape index (κ1) is 26.7. The molecule has 40 heavy (non-hydrogen) atoms. The maximum atomic E-state index is 12.8. The molecule has 9 nitrogen and oxygen atoms in total. The van der Waals surface area contributed by atoms with Crippen LogP contribution in [0.5, 0.6) is 0 Å². The van der Waals surface area contributed by atoms with E-state index in [1.165, 1.54) is 24.3 Å². The number of carbonyl (C=O) groups is 2. The number of nitrogens with one attached hydrogen (secondary N) is 1. The highest BCUT2D eigenvalue weighted by atomic mass is 19.4. The van der Waals surface area contributed by atoms with Gasteiger partial charge in [0.25, 0.3) is 0 Å². The Labute approximate surface area is 226 Å². The molecule has 2 heterocycles. The lowest BCUT2D eigenvalue weighted by atomic mass is 10.1. The number of nitriles is 1. The van der Waals surface area contributed by atoms with Crippen LogP contribution in [0.25, 0.3) is 22.6 Å². The van der Waals surface area contributed by atoms with Crippen molar-refractivity contribution < 1.29 is 32.3 Å². The minimum atomic E-state index is -4.37. The second-order valence-corrected chi connectivity index (χ2v) is 9.24. The van der Waals surface area contributed by atoms with Gasteiger partial charge in [0.2, 0.25) is 11.8 Å². The Morgan fingerprint density at radius 2 is 1.70 bits per heavy atom. The van der Waals surface area contributed by atoms with Crippen LogP contribution in [0.2, 0.25) is 0 Å². The zero-order valence-corrected chi connectivity index (χ0v) is 20.9. The van der Waals surface area contributed by atoms with Crippen LogP contribution in [0.1, 0.15) is 21.5 Å². The third kappa shape index (κ3) is 5.74. The highest BCUT2D eigenvalue weighted by Gasteiger charge is 2.30. The molecular weight excluding hydrogens is 527 g/mol. The maximum absolute atomic E-state index is 12.8. The number of alkyl halides is 3. The average molecular weight is 550 g/mol. The van der Waals surface area contributed by atoms with Crippen molar-refractivity contribution in [2.24, 2.45) is 0 Å². The van der Waals surface area contributed by atoms with E-state index < -0.39 is 17.7 Å². The second kappa shape index (κ2) is 10.7. The van der Waals surface area contributed by atoms with E-state index >= 15 is 0 Å². The number of carboxylic acid groups (broad SMARTS) is 1. The van der Waals surface area contributed by atoms with Crippen molar-refractivity contribution in [3.8, 4) is 17.5 Å². The molecule has 1 aromatic heterocycles. The minimum absolute atomic E-state index is 0.0669. The van der Waals surface area contributed by atoms with Gasteiger partial charge in [-0.15, -0.1) is 0 Å². The lowest BCUT2D eigenvalue weighted by molar-refractivity contribution is -0.137. The third-order valence-electron chi connectivity index (χ3n) is 6.56. The molecule has 0 unspecified atom stereocenters. The molecule has 1 aliphatic rings. The Balaban J connectivity index is 1.17. The van der Waals surface area contributed by atoms with E-state index in [-0.39, 0.29) is 40.6 Å². The molecule has 3 aromatic carbocycles. The molecule has 4 aromatic rings. The van der Waals surface area contributed by atoms with Gasteiger partial charge in [-0.05, 0) is 60.7 Å². The quantitative estimate of drug-likeness (QED) is 0.350. The number of halogens is 3. The molecule has 0 radical (unpaired) electrons. The first-order chi connectivity index (χ1) is 19.1. The first-order valence-corrected chi connectivity index (χ1v) is 12.2. The van der Waals surface area contributed by atoms with Crippen molar-refractivity contribution in [1.29, 1.82) is 5.26 Å². The van der Waals surface area contributed by atoms with Gasteiger partial charge in [0.1, 0.15) is 11.1 Å². The monoisotopic (exact) mass is 549 g/mol. The molecule has 5 rings (SSSR count). The summed E-state index contributed by atoms with van der Waals surface area (Å²) in [6, 6.07) is 16.3.